The van der Waals surface area contributed by atoms with Crippen molar-refractivity contribution in [1.82, 2.24) is 14.3 Å². The van der Waals surface area contributed by atoms with Crippen LogP contribution in [0, 0.1) is 12.7 Å². The van der Waals surface area contributed by atoms with Crippen molar-refractivity contribution in [2.24, 2.45) is 0 Å². The molecule has 2 aromatic heterocycles. The fourth-order valence-corrected chi connectivity index (χ4v) is 3.17. The minimum atomic E-state index is -0.207. The maximum atomic E-state index is 13.5. The zero-order chi connectivity index (χ0) is 16.7. The molecule has 1 aromatic carbocycles. The quantitative estimate of drug-likeness (QED) is 0.721. The Bertz CT molecular complexity index is 926. The van der Waals surface area contributed by atoms with Gasteiger partial charge in [0.2, 0.25) is 0 Å². The van der Waals surface area contributed by atoms with E-state index in [9.17, 15) is 9.18 Å². The molecular formula is C19H18FN3O. The molecule has 0 N–H and O–H groups in total. The normalized spacial score (nSPS) is 14.5. The van der Waals surface area contributed by atoms with E-state index >= 15 is 0 Å². The number of likely N-dealkylation sites (tertiary alicyclic amines) is 1. The molecule has 0 unspecified atom stereocenters. The van der Waals surface area contributed by atoms with E-state index in [0.717, 1.165) is 42.7 Å². The van der Waals surface area contributed by atoms with E-state index in [1.807, 2.05) is 33.7 Å². The average Bonchev–Trinajstić information content (AvgIpc) is 3.25. The number of aryl methyl sites for hydroxylation is 1. The highest BCUT2D eigenvalue weighted by Crippen LogP contribution is 2.23. The van der Waals surface area contributed by atoms with Crippen molar-refractivity contribution in [2.45, 2.75) is 19.8 Å². The zero-order valence-corrected chi connectivity index (χ0v) is 13.5. The number of fused-ring (bicyclic) bond motifs is 1. The first-order valence-electron chi connectivity index (χ1n) is 8.16. The molecule has 1 aliphatic rings. The molecule has 4 rings (SSSR count). The molecule has 4 nitrogen and oxygen atoms in total. The number of benzene rings is 1. The molecule has 0 bridgehead atoms. The molecule has 1 aliphatic heterocycles. The number of halogens is 1. The molecule has 0 radical (unpaired) electrons. The molecule has 0 atom stereocenters. The summed E-state index contributed by atoms with van der Waals surface area (Å²) in [6.45, 7) is 3.38. The number of aromatic nitrogens is 2. The third-order valence-electron chi connectivity index (χ3n) is 4.55. The Balaban J connectivity index is 1.70. The van der Waals surface area contributed by atoms with Crippen molar-refractivity contribution in [3.63, 3.8) is 0 Å². The Morgan fingerprint density at radius 1 is 1.08 bits per heavy atom. The van der Waals surface area contributed by atoms with Crippen LogP contribution in [0.25, 0.3) is 16.8 Å². The van der Waals surface area contributed by atoms with Crippen molar-refractivity contribution >= 4 is 11.6 Å². The lowest BCUT2D eigenvalue weighted by atomic mass is 10.1. The summed E-state index contributed by atoms with van der Waals surface area (Å²) < 4.78 is 15.3. The molecule has 0 spiro atoms. The van der Waals surface area contributed by atoms with Crippen LogP contribution in [0.4, 0.5) is 4.39 Å². The highest BCUT2D eigenvalue weighted by atomic mass is 19.1. The van der Waals surface area contributed by atoms with Crippen LogP contribution in [0.3, 0.4) is 0 Å². The van der Waals surface area contributed by atoms with E-state index in [2.05, 4.69) is 4.98 Å². The maximum absolute atomic E-state index is 13.5. The second-order valence-corrected chi connectivity index (χ2v) is 6.27. The number of hydrogen-bond donors (Lipinski definition) is 0. The van der Waals surface area contributed by atoms with Crippen LogP contribution < -0.4 is 0 Å². The minimum absolute atomic E-state index is 0.00428. The second-order valence-electron chi connectivity index (χ2n) is 6.27. The molecule has 1 saturated heterocycles. The van der Waals surface area contributed by atoms with Crippen LogP contribution in [0.1, 0.15) is 28.9 Å². The summed E-state index contributed by atoms with van der Waals surface area (Å²) in [4.78, 5) is 18.8. The van der Waals surface area contributed by atoms with E-state index in [1.54, 1.807) is 19.2 Å². The highest BCUT2D eigenvalue weighted by molar-refractivity contribution is 5.93. The van der Waals surface area contributed by atoms with Gasteiger partial charge in [0.05, 0.1) is 0 Å². The number of carbonyl (C=O) groups excluding carboxylic acids is 1. The summed E-state index contributed by atoms with van der Waals surface area (Å²) in [6, 6.07) is 8.89. The van der Waals surface area contributed by atoms with Crippen molar-refractivity contribution in [3.05, 3.63) is 59.8 Å². The molecule has 1 amide bonds. The second kappa shape index (κ2) is 5.74. The summed E-state index contributed by atoms with van der Waals surface area (Å²) in [5.41, 5.74) is 3.73. The predicted molar refractivity (Wildman–Crippen MR) is 90.5 cm³/mol. The van der Waals surface area contributed by atoms with Crippen LogP contribution in [0.15, 0.2) is 42.7 Å². The molecule has 0 saturated carbocycles. The van der Waals surface area contributed by atoms with Crippen LogP contribution in [-0.4, -0.2) is 33.3 Å². The number of pyridine rings is 1. The SMILES string of the molecule is Cc1cc(-c2ccc3nc(C(=O)N4CCCC4)cn3c2)ccc1F. The van der Waals surface area contributed by atoms with E-state index in [0.29, 0.717) is 11.3 Å². The van der Waals surface area contributed by atoms with Gasteiger partial charge in [-0.25, -0.2) is 9.37 Å². The highest BCUT2D eigenvalue weighted by Gasteiger charge is 2.21. The number of amides is 1. The van der Waals surface area contributed by atoms with E-state index in [1.165, 1.54) is 6.07 Å². The Kier molecular flexibility index (Phi) is 3.56. The van der Waals surface area contributed by atoms with Gasteiger partial charge in [0.25, 0.3) is 5.91 Å². The zero-order valence-electron chi connectivity index (χ0n) is 13.5. The fourth-order valence-electron chi connectivity index (χ4n) is 3.17. The number of hydrogen-bond acceptors (Lipinski definition) is 2. The molecule has 3 aromatic rings. The van der Waals surface area contributed by atoms with Gasteiger partial charge in [-0.05, 0) is 60.7 Å². The lowest BCUT2D eigenvalue weighted by molar-refractivity contribution is 0.0787. The van der Waals surface area contributed by atoms with Crippen molar-refractivity contribution in [1.29, 1.82) is 0 Å². The molecule has 1 fully saturated rings. The van der Waals surface area contributed by atoms with Gasteiger partial charge < -0.3 is 9.30 Å². The Hall–Kier alpha value is -2.69. The third kappa shape index (κ3) is 2.56. The van der Waals surface area contributed by atoms with Crippen LogP contribution in [0.2, 0.25) is 0 Å². The van der Waals surface area contributed by atoms with Gasteiger partial charge in [0.15, 0.2) is 0 Å². The van der Waals surface area contributed by atoms with E-state index < -0.39 is 0 Å². The van der Waals surface area contributed by atoms with Crippen molar-refractivity contribution < 1.29 is 9.18 Å². The fraction of sp³-hybridized carbons (Fsp3) is 0.263. The smallest absolute Gasteiger partial charge is 0.274 e. The molecule has 24 heavy (non-hydrogen) atoms. The summed E-state index contributed by atoms with van der Waals surface area (Å²) in [7, 11) is 0. The third-order valence-corrected chi connectivity index (χ3v) is 4.55. The summed E-state index contributed by atoms with van der Waals surface area (Å²) in [5.74, 6) is -0.212. The number of rotatable bonds is 2. The topological polar surface area (TPSA) is 37.6 Å². The monoisotopic (exact) mass is 323 g/mol. The summed E-state index contributed by atoms with van der Waals surface area (Å²) >= 11 is 0. The Morgan fingerprint density at radius 3 is 2.58 bits per heavy atom. The minimum Gasteiger partial charge on any atom is -0.337 e. The molecule has 3 heterocycles. The van der Waals surface area contributed by atoms with E-state index in [-0.39, 0.29) is 11.7 Å². The number of imidazole rings is 1. The van der Waals surface area contributed by atoms with Gasteiger partial charge in [0.1, 0.15) is 17.2 Å². The Labute approximate surface area is 139 Å². The van der Waals surface area contributed by atoms with Gasteiger partial charge in [-0.1, -0.05) is 6.07 Å². The largest absolute Gasteiger partial charge is 0.337 e. The van der Waals surface area contributed by atoms with E-state index in [4.69, 9.17) is 0 Å². The van der Waals surface area contributed by atoms with Gasteiger partial charge >= 0.3 is 0 Å². The Morgan fingerprint density at radius 2 is 1.83 bits per heavy atom. The summed E-state index contributed by atoms with van der Waals surface area (Å²) in [6.07, 6.45) is 5.83. The first-order valence-corrected chi connectivity index (χ1v) is 8.16. The molecule has 122 valence electrons. The maximum Gasteiger partial charge on any atom is 0.274 e. The number of nitrogens with zero attached hydrogens (tertiary/aromatic N) is 3. The summed E-state index contributed by atoms with van der Waals surface area (Å²) in [5, 5.41) is 0. The van der Waals surface area contributed by atoms with Crippen molar-refractivity contribution in [2.75, 3.05) is 13.1 Å². The first kappa shape index (κ1) is 14.9. The van der Waals surface area contributed by atoms with Gasteiger partial charge in [0, 0.05) is 25.5 Å². The van der Waals surface area contributed by atoms with Gasteiger partial charge in [-0.3, -0.25) is 4.79 Å². The molecule has 0 aliphatic carbocycles. The van der Waals surface area contributed by atoms with Gasteiger partial charge in [-0.2, -0.15) is 0 Å². The molecule has 5 heteroatoms. The average molecular weight is 323 g/mol. The van der Waals surface area contributed by atoms with Crippen LogP contribution in [0.5, 0.6) is 0 Å². The lowest BCUT2D eigenvalue weighted by Crippen LogP contribution is -2.27. The van der Waals surface area contributed by atoms with Crippen molar-refractivity contribution in [3.8, 4) is 11.1 Å². The standard InChI is InChI=1S/C19H18FN3O/c1-13-10-14(4-6-16(13)20)15-5-7-18-21-17(12-23(18)11-15)19(24)22-8-2-3-9-22/h4-7,10-12H,2-3,8-9H2,1H3. The van der Waals surface area contributed by atoms with Gasteiger partial charge in [-0.15, -0.1) is 0 Å². The van der Waals surface area contributed by atoms with Crippen LogP contribution >= 0.6 is 0 Å². The predicted octanol–water partition coefficient (Wildman–Crippen LogP) is 3.68. The van der Waals surface area contributed by atoms with Crippen LogP contribution in [-0.2, 0) is 0 Å². The number of carbonyl (C=O) groups is 1. The lowest BCUT2D eigenvalue weighted by Gasteiger charge is -2.12. The molecular weight excluding hydrogens is 305 g/mol. The first-order chi connectivity index (χ1) is 11.6.